The largest absolute Gasteiger partial charge is 0.334 e. The lowest BCUT2D eigenvalue weighted by molar-refractivity contribution is -0.126. The van der Waals surface area contributed by atoms with Crippen molar-refractivity contribution in [1.29, 1.82) is 0 Å². The summed E-state index contributed by atoms with van der Waals surface area (Å²) in [7, 11) is 5.68. The fourth-order valence-corrected chi connectivity index (χ4v) is 1.62. The number of aromatic nitrogens is 1. The number of hydrogen-bond acceptors (Lipinski definition) is 3. The molecule has 0 aliphatic rings. The van der Waals surface area contributed by atoms with Crippen molar-refractivity contribution in [2.24, 2.45) is 0 Å². The van der Waals surface area contributed by atoms with Gasteiger partial charge in [-0.25, -0.2) is 0 Å². The first kappa shape index (κ1) is 15.7. The fraction of sp³-hybridized carbons (Fsp3) is 0.429. The topological polar surface area (TPSA) is 36.4 Å². The molecule has 1 aromatic rings. The zero-order valence-corrected chi connectivity index (χ0v) is 12.6. The van der Waals surface area contributed by atoms with E-state index in [0.29, 0.717) is 5.02 Å². The monoisotopic (exact) mass is 281 g/mol. The molecular weight excluding hydrogens is 262 g/mol. The van der Waals surface area contributed by atoms with Crippen LogP contribution in [0, 0.1) is 0 Å². The molecule has 0 fully saturated rings. The van der Waals surface area contributed by atoms with Gasteiger partial charge in [-0.2, -0.15) is 0 Å². The summed E-state index contributed by atoms with van der Waals surface area (Å²) in [5.41, 5.74) is 0.821. The van der Waals surface area contributed by atoms with E-state index in [2.05, 4.69) is 4.98 Å². The molecule has 5 heteroatoms. The minimum atomic E-state index is -0.0891. The number of nitrogens with zero attached hydrogens (tertiary/aromatic N) is 3. The molecule has 104 valence electrons. The predicted molar refractivity (Wildman–Crippen MR) is 78.1 cm³/mol. The first-order chi connectivity index (χ1) is 8.91. The highest BCUT2D eigenvalue weighted by Gasteiger charge is 2.16. The molecule has 1 atom stereocenters. The highest BCUT2D eigenvalue weighted by atomic mass is 35.5. The Labute approximate surface area is 119 Å². The molecule has 0 aromatic carbocycles. The van der Waals surface area contributed by atoms with Gasteiger partial charge in [-0.1, -0.05) is 17.7 Å². The molecule has 0 saturated heterocycles. The Bertz CT molecular complexity index is 443. The van der Waals surface area contributed by atoms with Crippen molar-refractivity contribution in [3.05, 3.63) is 41.2 Å². The number of carbonyl (C=O) groups is 1. The summed E-state index contributed by atoms with van der Waals surface area (Å²) in [6.45, 7) is 2.68. The highest BCUT2D eigenvalue weighted by Crippen LogP contribution is 2.18. The van der Waals surface area contributed by atoms with Crippen LogP contribution < -0.4 is 0 Å². The van der Waals surface area contributed by atoms with Gasteiger partial charge >= 0.3 is 0 Å². The summed E-state index contributed by atoms with van der Waals surface area (Å²) in [5.74, 6) is -0.0360. The van der Waals surface area contributed by atoms with E-state index in [4.69, 9.17) is 11.6 Å². The molecule has 1 heterocycles. The molecule has 1 unspecified atom stereocenters. The van der Waals surface area contributed by atoms with Crippen LogP contribution in [0.1, 0.15) is 18.7 Å². The third-order valence-corrected chi connectivity index (χ3v) is 3.06. The van der Waals surface area contributed by atoms with Crippen LogP contribution in [0.3, 0.4) is 0 Å². The lowest BCUT2D eigenvalue weighted by atomic mass is 10.2. The molecule has 0 bridgehead atoms. The molecule has 0 spiro atoms. The number of pyridine rings is 1. The average Bonchev–Trinajstić information content (AvgIpc) is 2.37. The molecule has 1 rings (SSSR count). The van der Waals surface area contributed by atoms with Gasteiger partial charge in [0.25, 0.3) is 0 Å². The quantitative estimate of drug-likeness (QED) is 0.778. The van der Waals surface area contributed by atoms with Crippen LogP contribution in [-0.4, -0.2) is 48.4 Å². The first-order valence-electron chi connectivity index (χ1n) is 6.11. The molecule has 0 N–H and O–H groups in total. The molecule has 0 saturated carbocycles. The standard InChI is InChI=1S/C14H20ClN3O/c1-11(13-8-7-12(15)10-16-13)18(4)14(19)6-5-9-17(2)3/h5-8,10-11H,9H2,1-4H3/b6-5+. The van der Waals surface area contributed by atoms with Gasteiger partial charge in [-0.15, -0.1) is 0 Å². The van der Waals surface area contributed by atoms with Crippen molar-refractivity contribution in [2.45, 2.75) is 13.0 Å². The van der Waals surface area contributed by atoms with Crippen molar-refractivity contribution in [1.82, 2.24) is 14.8 Å². The van der Waals surface area contributed by atoms with Crippen LogP contribution in [0.5, 0.6) is 0 Å². The van der Waals surface area contributed by atoms with Crippen LogP contribution in [0.25, 0.3) is 0 Å². The molecule has 1 aromatic heterocycles. The number of amides is 1. The second kappa shape index (κ2) is 7.26. The smallest absolute Gasteiger partial charge is 0.246 e. The van der Waals surface area contributed by atoms with E-state index >= 15 is 0 Å². The second-order valence-electron chi connectivity index (χ2n) is 4.69. The van der Waals surface area contributed by atoms with Crippen molar-refractivity contribution >= 4 is 17.5 Å². The van der Waals surface area contributed by atoms with Crippen LogP contribution in [0.2, 0.25) is 5.02 Å². The van der Waals surface area contributed by atoms with Crippen LogP contribution in [0.4, 0.5) is 0 Å². The molecule has 1 amide bonds. The van der Waals surface area contributed by atoms with Gasteiger partial charge in [-0.05, 0) is 33.2 Å². The van der Waals surface area contributed by atoms with E-state index in [1.54, 1.807) is 30.3 Å². The Kier molecular flexibility index (Phi) is 5.99. The van der Waals surface area contributed by atoms with Gasteiger partial charge in [0.1, 0.15) is 0 Å². The zero-order valence-electron chi connectivity index (χ0n) is 11.8. The number of rotatable bonds is 5. The fourth-order valence-electron chi connectivity index (χ4n) is 1.51. The van der Waals surface area contributed by atoms with E-state index < -0.39 is 0 Å². The minimum absolute atomic E-state index is 0.0360. The lowest BCUT2D eigenvalue weighted by Crippen LogP contribution is -2.28. The van der Waals surface area contributed by atoms with Crippen molar-refractivity contribution < 1.29 is 4.79 Å². The summed E-state index contributed by atoms with van der Waals surface area (Å²) in [6, 6.07) is 3.52. The lowest BCUT2D eigenvalue weighted by Gasteiger charge is -2.23. The Morgan fingerprint density at radius 1 is 1.42 bits per heavy atom. The van der Waals surface area contributed by atoms with Crippen LogP contribution in [0.15, 0.2) is 30.5 Å². The Hall–Kier alpha value is -1.39. The maximum absolute atomic E-state index is 12.0. The SMILES string of the molecule is CC(c1ccc(Cl)cn1)N(C)C(=O)/C=C/CN(C)C. The first-order valence-corrected chi connectivity index (χ1v) is 6.49. The van der Waals surface area contributed by atoms with Crippen molar-refractivity contribution in [3.8, 4) is 0 Å². The van der Waals surface area contributed by atoms with Gasteiger partial charge in [0.05, 0.1) is 16.8 Å². The van der Waals surface area contributed by atoms with Crippen LogP contribution >= 0.6 is 11.6 Å². The maximum atomic E-state index is 12.0. The summed E-state index contributed by atoms with van der Waals surface area (Å²) >= 11 is 5.80. The van der Waals surface area contributed by atoms with E-state index in [1.165, 1.54) is 0 Å². The third-order valence-electron chi connectivity index (χ3n) is 2.84. The zero-order chi connectivity index (χ0) is 14.4. The molecule has 19 heavy (non-hydrogen) atoms. The molecule has 0 radical (unpaired) electrons. The van der Waals surface area contributed by atoms with Gasteiger partial charge in [0, 0.05) is 25.9 Å². The summed E-state index contributed by atoms with van der Waals surface area (Å²) < 4.78 is 0. The summed E-state index contributed by atoms with van der Waals surface area (Å²) in [4.78, 5) is 19.9. The van der Waals surface area contributed by atoms with Gasteiger partial charge < -0.3 is 9.80 Å². The molecule has 0 aliphatic heterocycles. The van der Waals surface area contributed by atoms with Crippen LogP contribution in [-0.2, 0) is 4.79 Å². The van der Waals surface area contributed by atoms with Gasteiger partial charge in [-0.3, -0.25) is 9.78 Å². The van der Waals surface area contributed by atoms with Gasteiger partial charge in [0.15, 0.2) is 0 Å². The van der Waals surface area contributed by atoms with Gasteiger partial charge in [0.2, 0.25) is 5.91 Å². The number of hydrogen-bond donors (Lipinski definition) is 0. The molecule has 4 nitrogen and oxygen atoms in total. The predicted octanol–water partition coefficient (Wildman–Crippen LogP) is 2.37. The Morgan fingerprint density at radius 3 is 2.63 bits per heavy atom. The van der Waals surface area contributed by atoms with E-state index in [1.807, 2.05) is 38.1 Å². The summed E-state index contributed by atoms with van der Waals surface area (Å²) in [5, 5.41) is 0.593. The molecular formula is C14H20ClN3O. The highest BCUT2D eigenvalue weighted by molar-refractivity contribution is 6.30. The number of halogens is 1. The van der Waals surface area contributed by atoms with E-state index in [-0.39, 0.29) is 11.9 Å². The van der Waals surface area contributed by atoms with Crippen molar-refractivity contribution in [2.75, 3.05) is 27.7 Å². The van der Waals surface area contributed by atoms with Crippen molar-refractivity contribution in [3.63, 3.8) is 0 Å². The Morgan fingerprint density at radius 2 is 2.11 bits per heavy atom. The van der Waals surface area contributed by atoms with E-state index in [9.17, 15) is 4.79 Å². The summed E-state index contributed by atoms with van der Waals surface area (Å²) in [6.07, 6.45) is 5.03. The number of carbonyl (C=O) groups excluding carboxylic acids is 1. The maximum Gasteiger partial charge on any atom is 0.246 e. The van der Waals surface area contributed by atoms with E-state index in [0.717, 1.165) is 12.2 Å². The normalized spacial score (nSPS) is 12.9. The second-order valence-corrected chi connectivity index (χ2v) is 5.13. The Balaban J connectivity index is 2.65. The number of likely N-dealkylation sites (N-methyl/N-ethyl adjacent to an activating group) is 2. The third kappa shape index (κ3) is 5.01. The minimum Gasteiger partial charge on any atom is -0.334 e. The molecule has 0 aliphatic carbocycles. The average molecular weight is 282 g/mol.